The van der Waals surface area contributed by atoms with Gasteiger partial charge in [-0.05, 0) is 66.9 Å². The third-order valence-electron chi connectivity index (χ3n) is 4.18. The Morgan fingerprint density at radius 1 is 0.963 bits per heavy atom. The van der Waals surface area contributed by atoms with Crippen molar-refractivity contribution < 1.29 is 9.47 Å². The van der Waals surface area contributed by atoms with Crippen molar-refractivity contribution >= 4 is 23.5 Å². The van der Waals surface area contributed by atoms with E-state index in [9.17, 15) is 0 Å². The zero-order valence-corrected chi connectivity index (χ0v) is 16.5. The molecular formula is C23H22ClNO2. The Labute approximate surface area is 165 Å². The highest BCUT2D eigenvalue weighted by molar-refractivity contribution is 6.30. The molecule has 0 aromatic heterocycles. The number of hydrogen-bond acceptors (Lipinski definition) is 3. The fourth-order valence-corrected chi connectivity index (χ4v) is 2.98. The molecule has 27 heavy (non-hydrogen) atoms. The van der Waals surface area contributed by atoms with Gasteiger partial charge in [-0.15, -0.1) is 0 Å². The Hall–Kier alpha value is -2.78. The Balaban J connectivity index is 1.74. The molecule has 0 heterocycles. The van der Waals surface area contributed by atoms with Crippen molar-refractivity contribution in [1.29, 1.82) is 0 Å². The van der Waals surface area contributed by atoms with Gasteiger partial charge in [0.05, 0.1) is 12.8 Å². The molecule has 0 amide bonds. The third-order valence-corrected chi connectivity index (χ3v) is 4.41. The van der Waals surface area contributed by atoms with Gasteiger partial charge in [0, 0.05) is 11.2 Å². The van der Waals surface area contributed by atoms with Crippen LogP contribution in [-0.2, 0) is 6.61 Å². The number of rotatable bonds is 6. The van der Waals surface area contributed by atoms with E-state index in [0.29, 0.717) is 23.1 Å². The first-order valence-corrected chi connectivity index (χ1v) is 9.09. The fourth-order valence-electron chi connectivity index (χ4n) is 2.77. The van der Waals surface area contributed by atoms with Gasteiger partial charge >= 0.3 is 0 Å². The van der Waals surface area contributed by atoms with Crippen LogP contribution in [0.15, 0.2) is 65.7 Å². The van der Waals surface area contributed by atoms with Crippen LogP contribution in [0.3, 0.4) is 0 Å². The smallest absolute Gasteiger partial charge is 0.161 e. The molecule has 0 spiro atoms. The monoisotopic (exact) mass is 379 g/mol. The van der Waals surface area contributed by atoms with Crippen LogP contribution in [0.1, 0.15) is 22.3 Å². The molecule has 3 aromatic carbocycles. The number of hydrogen-bond donors (Lipinski definition) is 0. The molecule has 0 aliphatic carbocycles. The summed E-state index contributed by atoms with van der Waals surface area (Å²) in [5.41, 5.74) is 5.29. The Morgan fingerprint density at radius 3 is 2.56 bits per heavy atom. The average Bonchev–Trinajstić information content (AvgIpc) is 2.66. The SMILES string of the molecule is COc1cc(C=Nc2ccc(C)cc2C)ccc1OCc1cccc(Cl)c1. The van der Waals surface area contributed by atoms with E-state index in [0.717, 1.165) is 22.4 Å². The summed E-state index contributed by atoms with van der Waals surface area (Å²) < 4.78 is 11.4. The number of methoxy groups -OCH3 is 1. The summed E-state index contributed by atoms with van der Waals surface area (Å²) in [5.74, 6) is 1.35. The quantitative estimate of drug-likeness (QED) is 0.471. The molecule has 3 rings (SSSR count). The van der Waals surface area contributed by atoms with Crippen molar-refractivity contribution in [1.82, 2.24) is 0 Å². The van der Waals surface area contributed by atoms with Crippen LogP contribution in [0.5, 0.6) is 11.5 Å². The lowest BCUT2D eigenvalue weighted by atomic mass is 10.1. The Kier molecular flexibility index (Phi) is 6.15. The Bertz CT molecular complexity index is 966. The summed E-state index contributed by atoms with van der Waals surface area (Å²) >= 11 is 6.02. The molecule has 0 aliphatic rings. The lowest BCUT2D eigenvalue weighted by molar-refractivity contribution is 0.284. The highest BCUT2D eigenvalue weighted by Gasteiger charge is 2.06. The first-order valence-electron chi connectivity index (χ1n) is 8.72. The van der Waals surface area contributed by atoms with Gasteiger partial charge in [-0.1, -0.05) is 41.4 Å². The van der Waals surface area contributed by atoms with Gasteiger partial charge in [-0.2, -0.15) is 0 Å². The molecule has 0 aliphatic heterocycles. The maximum absolute atomic E-state index is 6.02. The standard InChI is InChI=1S/C23H22ClNO2/c1-16-7-9-21(17(2)11-16)25-14-18-8-10-22(23(13-18)26-3)27-15-19-5-4-6-20(24)12-19/h4-14H,15H2,1-3H3. The molecule has 4 heteroatoms. The largest absolute Gasteiger partial charge is 0.493 e. The summed E-state index contributed by atoms with van der Waals surface area (Å²) in [6, 6.07) is 19.6. The van der Waals surface area contributed by atoms with E-state index >= 15 is 0 Å². The van der Waals surface area contributed by atoms with Crippen LogP contribution in [0.25, 0.3) is 0 Å². The van der Waals surface area contributed by atoms with Crippen LogP contribution >= 0.6 is 11.6 Å². The second-order valence-corrected chi connectivity index (χ2v) is 6.81. The minimum Gasteiger partial charge on any atom is -0.493 e. The van der Waals surface area contributed by atoms with Crippen molar-refractivity contribution in [3.63, 3.8) is 0 Å². The molecule has 0 saturated carbocycles. The Morgan fingerprint density at radius 2 is 1.81 bits per heavy atom. The summed E-state index contributed by atoms with van der Waals surface area (Å²) in [7, 11) is 1.63. The van der Waals surface area contributed by atoms with Gasteiger partial charge in [-0.25, -0.2) is 0 Å². The predicted molar refractivity (Wildman–Crippen MR) is 112 cm³/mol. The molecule has 138 valence electrons. The lowest BCUT2D eigenvalue weighted by Gasteiger charge is -2.11. The molecule has 0 atom stereocenters. The molecule has 0 bridgehead atoms. The van der Waals surface area contributed by atoms with Gasteiger partial charge in [0.2, 0.25) is 0 Å². The van der Waals surface area contributed by atoms with Crippen LogP contribution in [-0.4, -0.2) is 13.3 Å². The van der Waals surface area contributed by atoms with E-state index < -0.39 is 0 Å². The third kappa shape index (κ3) is 5.11. The van der Waals surface area contributed by atoms with E-state index in [2.05, 4.69) is 31.0 Å². The number of nitrogens with zero attached hydrogens (tertiary/aromatic N) is 1. The van der Waals surface area contributed by atoms with Gasteiger partial charge in [0.25, 0.3) is 0 Å². The minimum atomic E-state index is 0.424. The second-order valence-electron chi connectivity index (χ2n) is 6.38. The van der Waals surface area contributed by atoms with E-state index in [1.165, 1.54) is 5.56 Å². The van der Waals surface area contributed by atoms with E-state index in [4.69, 9.17) is 21.1 Å². The topological polar surface area (TPSA) is 30.8 Å². The molecule has 3 nitrogen and oxygen atoms in total. The first-order chi connectivity index (χ1) is 13.0. The zero-order chi connectivity index (χ0) is 19.2. The molecular weight excluding hydrogens is 358 g/mol. The molecule has 0 N–H and O–H groups in total. The van der Waals surface area contributed by atoms with Gasteiger partial charge in [0.1, 0.15) is 6.61 Å². The molecule has 0 radical (unpaired) electrons. The molecule has 0 unspecified atom stereocenters. The van der Waals surface area contributed by atoms with Crippen LogP contribution in [0, 0.1) is 13.8 Å². The van der Waals surface area contributed by atoms with E-state index in [-0.39, 0.29) is 0 Å². The van der Waals surface area contributed by atoms with Gasteiger partial charge < -0.3 is 9.47 Å². The average molecular weight is 380 g/mol. The number of aryl methyl sites for hydroxylation is 2. The summed E-state index contributed by atoms with van der Waals surface area (Å²) in [6.45, 7) is 4.56. The lowest BCUT2D eigenvalue weighted by Crippen LogP contribution is -1.98. The first kappa shape index (κ1) is 19.0. The number of halogens is 1. The number of ether oxygens (including phenoxy) is 2. The van der Waals surface area contributed by atoms with Gasteiger partial charge in [-0.3, -0.25) is 4.99 Å². The van der Waals surface area contributed by atoms with Crippen molar-refractivity contribution in [2.75, 3.05) is 7.11 Å². The number of benzene rings is 3. The van der Waals surface area contributed by atoms with Crippen molar-refractivity contribution in [3.8, 4) is 11.5 Å². The maximum atomic E-state index is 6.02. The number of aliphatic imine (C=N–C) groups is 1. The highest BCUT2D eigenvalue weighted by Crippen LogP contribution is 2.29. The molecule has 3 aromatic rings. The normalized spacial score (nSPS) is 11.0. The van der Waals surface area contributed by atoms with Crippen molar-refractivity contribution in [2.24, 2.45) is 4.99 Å². The second kappa shape index (κ2) is 8.74. The van der Waals surface area contributed by atoms with Crippen LogP contribution in [0.2, 0.25) is 5.02 Å². The summed E-state index contributed by atoms with van der Waals surface area (Å²) in [5, 5.41) is 0.695. The van der Waals surface area contributed by atoms with E-state index in [1.807, 2.05) is 54.7 Å². The maximum Gasteiger partial charge on any atom is 0.161 e. The van der Waals surface area contributed by atoms with Crippen molar-refractivity contribution in [3.05, 3.63) is 87.9 Å². The van der Waals surface area contributed by atoms with Gasteiger partial charge in [0.15, 0.2) is 11.5 Å². The molecule has 0 fully saturated rings. The van der Waals surface area contributed by atoms with E-state index in [1.54, 1.807) is 7.11 Å². The van der Waals surface area contributed by atoms with Crippen molar-refractivity contribution in [2.45, 2.75) is 20.5 Å². The van der Waals surface area contributed by atoms with Crippen LogP contribution in [0.4, 0.5) is 5.69 Å². The predicted octanol–water partition coefficient (Wildman–Crippen LogP) is 6.30. The summed E-state index contributed by atoms with van der Waals surface area (Å²) in [6.07, 6.45) is 1.83. The minimum absolute atomic E-state index is 0.424. The summed E-state index contributed by atoms with van der Waals surface area (Å²) in [4.78, 5) is 4.59. The molecule has 0 saturated heterocycles. The fraction of sp³-hybridized carbons (Fsp3) is 0.174. The van der Waals surface area contributed by atoms with Crippen LogP contribution < -0.4 is 9.47 Å². The highest BCUT2D eigenvalue weighted by atomic mass is 35.5. The zero-order valence-electron chi connectivity index (χ0n) is 15.7.